The summed E-state index contributed by atoms with van der Waals surface area (Å²) in [4.78, 5) is 0. The van der Waals surface area contributed by atoms with Gasteiger partial charge in [0, 0.05) is 0 Å². The summed E-state index contributed by atoms with van der Waals surface area (Å²) in [6.45, 7) is 16.4. The van der Waals surface area contributed by atoms with Gasteiger partial charge in [0.05, 0.1) is 0 Å². The lowest BCUT2D eigenvalue weighted by Crippen LogP contribution is -2.11. The van der Waals surface area contributed by atoms with Crippen LogP contribution in [0.25, 0.3) is 0 Å². The Balaban J connectivity index is 0.000000443. The molecule has 0 atom stereocenters. The zero-order chi connectivity index (χ0) is 18.7. The Labute approximate surface area is 160 Å². The molecule has 0 amide bonds. The number of para-hydroxylation sites is 2. The maximum absolute atomic E-state index is 9.73. The van der Waals surface area contributed by atoms with Gasteiger partial charge in [-0.3, -0.25) is 0 Å². The topological polar surface area (TPSA) is 40.5 Å². The summed E-state index contributed by atoms with van der Waals surface area (Å²) >= 11 is 0. The predicted octanol–water partition coefficient (Wildman–Crippen LogP) is 6.11. The quantitative estimate of drug-likeness (QED) is 0.593. The Morgan fingerprint density at radius 2 is 0.880 bits per heavy atom. The Morgan fingerprint density at radius 3 is 1.08 bits per heavy atom. The van der Waals surface area contributed by atoms with E-state index >= 15 is 0 Å². The molecule has 2 nitrogen and oxygen atoms in total. The van der Waals surface area contributed by atoms with Crippen molar-refractivity contribution >= 4 is 13.5 Å². The van der Waals surface area contributed by atoms with Crippen LogP contribution in [0.1, 0.15) is 63.8 Å². The summed E-state index contributed by atoms with van der Waals surface area (Å²) < 4.78 is 0. The fourth-order valence-electron chi connectivity index (χ4n) is 2.53. The second kappa shape index (κ2) is 8.66. The molecule has 0 saturated heterocycles. The van der Waals surface area contributed by atoms with E-state index in [2.05, 4.69) is 41.5 Å². The van der Waals surface area contributed by atoms with Gasteiger partial charge in [-0.05, 0) is 46.9 Å². The molecule has 0 saturated carbocycles. The summed E-state index contributed by atoms with van der Waals surface area (Å²) in [5, 5.41) is 19.5. The predicted molar refractivity (Wildman–Crippen MR) is 113 cm³/mol. The highest BCUT2D eigenvalue weighted by Gasteiger charge is 2.18. The zero-order valence-corrected chi connectivity index (χ0v) is 17.9. The van der Waals surface area contributed by atoms with E-state index in [9.17, 15) is 10.2 Å². The molecule has 0 bridgehead atoms. The van der Waals surface area contributed by atoms with Crippen molar-refractivity contribution in [3.8, 4) is 11.5 Å². The summed E-state index contributed by atoms with van der Waals surface area (Å²) in [6, 6.07) is 11.8. The van der Waals surface area contributed by atoms with Gasteiger partial charge in [-0.25, -0.2) is 0 Å². The van der Waals surface area contributed by atoms with Crippen molar-refractivity contribution in [3.05, 3.63) is 58.7 Å². The summed E-state index contributed by atoms with van der Waals surface area (Å²) in [6.07, 6.45) is 0. The van der Waals surface area contributed by atoms with E-state index in [0.29, 0.717) is 11.5 Å². The van der Waals surface area contributed by atoms with Crippen LogP contribution in [0.3, 0.4) is 0 Å². The molecule has 0 spiro atoms. The summed E-state index contributed by atoms with van der Waals surface area (Å²) in [5.41, 5.74) is 3.97. The molecule has 2 aromatic rings. The summed E-state index contributed by atoms with van der Waals surface area (Å²) in [7, 11) is 0. The highest BCUT2D eigenvalue weighted by atomic mass is 32.1. The first-order valence-electron chi connectivity index (χ1n) is 8.44. The SMILES string of the molecule is Cc1cccc(C(C)(C)C)c1O.Cc1cccc(C(C)(C)C)c1O.S. The Hall–Kier alpha value is -1.61. The van der Waals surface area contributed by atoms with Crippen LogP contribution < -0.4 is 0 Å². The first-order chi connectivity index (χ1) is 10.9. The van der Waals surface area contributed by atoms with Gasteiger partial charge < -0.3 is 10.2 Å². The second-order valence-corrected chi connectivity index (χ2v) is 8.44. The molecule has 0 aliphatic rings. The standard InChI is InChI=1S/2C11H16O.H2S/c2*1-8-6-5-7-9(10(8)12)11(2,3)4;/h2*5-7,12H,1-4H3;1H2. The van der Waals surface area contributed by atoms with Crippen molar-refractivity contribution in [2.45, 2.75) is 66.2 Å². The lowest BCUT2D eigenvalue weighted by atomic mass is 9.85. The molecular formula is C22H34O2S. The van der Waals surface area contributed by atoms with Crippen LogP contribution in [-0.2, 0) is 10.8 Å². The van der Waals surface area contributed by atoms with Crippen molar-refractivity contribution in [2.75, 3.05) is 0 Å². The van der Waals surface area contributed by atoms with Gasteiger partial charge in [-0.2, -0.15) is 13.5 Å². The third-order valence-corrected chi connectivity index (χ3v) is 4.09. The van der Waals surface area contributed by atoms with Crippen molar-refractivity contribution in [1.29, 1.82) is 0 Å². The molecule has 2 aromatic carbocycles. The van der Waals surface area contributed by atoms with Crippen molar-refractivity contribution in [1.82, 2.24) is 0 Å². The third-order valence-electron chi connectivity index (χ3n) is 4.09. The van der Waals surface area contributed by atoms with Crippen LogP contribution in [0.2, 0.25) is 0 Å². The smallest absolute Gasteiger partial charge is 0.122 e. The van der Waals surface area contributed by atoms with E-state index in [-0.39, 0.29) is 24.3 Å². The molecule has 25 heavy (non-hydrogen) atoms. The zero-order valence-electron chi connectivity index (χ0n) is 16.9. The summed E-state index contributed by atoms with van der Waals surface area (Å²) in [5.74, 6) is 0.870. The number of phenols is 2. The van der Waals surface area contributed by atoms with E-state index in [4.69, 9.17) is 0 Å². The number of rotatable bonds is 0. The number of hydrogen-bond donors (Lipinski definition) is 2. The van der Waals surface area contributed by atoms with Gasteiger partial charge in [0.15, 0.2) is 0 Å². The lowest BCUT2D eigenvalue weighted by Gasteiger charge is -2.21. The molecule has 0 aliphatic heterocycles. The van der Waals surface area contributed by atoms with Gasteiger partial charge in [-0.1, -0.05) is 77.9 Å². The van der Waals surface area contributed by atoms with Gasteiger partial charge >= 0.3 is 0 Å². The highest BCUT2D eigenvalue weighted by molar-refractivity contribution is 7.59. The molecule has 0 radical (unpaired) electrons. The first-order valence-corrected chi connectivity index (χ1v) is 8.44. The highest BCUT2D eigenvalue weighted by Crippen LogP contribution is 2.33. The molecule has 0 unspecified atom stereocenters. The average Bonchev–Trinajstić information content (AvgIpc) is 2.43. The largest absolute Gasteiger partial charge is 0.507 e. The van der Waals surface area contributed by atoms with Gasteiger partial charge in [0.25, 0.3) is 0 Å². The number of benzene rings is 2. The molecule has 2 rings (SSSR count). The van der Waals surface area contributed by atoms with E-state index in [1.807, 2.05) is 50.2 Å². The first kappa shape index (κ1) is 23.4. The van der Waals surface area contributed by atoms with Crippen molar-refractivity contribution < 1.29 is 10.2 Å². The monoisotopic (exact) mass is 362 g/mol. The lowest BCUT2D eigenvalue weighted by molar-refractivity contribution is 0.442. The molecule has 2 N–H and O–H groups in total. The second-order valence-electron chi connectivity index (χ2n) is 8.44. The molecule has 0 fully saturated rings. The number of aromatic hydroxyl groups is 2. The van der Waals surface area contributed by atoms with E-state index in [1.165, 1.54) is 0 Å². The minimum absolute atomic E-state index is 0. The molecule has 0 aromatic heterocycles. The Kier molecular flexibility index (Phi) is 8.10. The number of hydrogen-bond acceptors (Lipinski definition) is 2. The Morgan fingerprint density at radius 1 is 0.600 bits per heavy atom. The molecular weight excluding hydrogens is 328 g/mol. The van der Waals surface area contributed by atoms with Crippen molar-refractivity contribution in [2.24, 2.45) is 0 Å². The third kappa shape index (κ3) is 6.32. The number of aryl methyl sites for hydroxylation is 2. The van der Waals surface area contributed by atoms with Crippen LogP contribution in [0.5, 0.6) is 11.5 Å². The Bertz CT molecular complexity index is 631. The van der Waals surface area contributed by atoms with Crippen LogP contribution in [0, 0.1) is 13.8 Å². The normalized spacial score (nSPS) is 11.2. The average molecular weight is 363 g/mol. The molecule has 140 valence electrons. The van der Waals surface area contributed by atoms with E-state index < -0.39 is 0 Å². The van der Waals surface area contributed by atoms with Crippen LogP contribution >= 0.6 is 13.5 Å². The molecule has 0 aliphatic carbocycles. The fraction of sp³-hybridized carbons (Fsp3) is 0.455. The minimum atomic E-state index is 0. The van der Waals surface area contributed by atoms with Crippen LogP contribution in [0.15, 0.2) is 36.4 Å². The minimum Gasteiger partial charge on any atom is -0.507 e. The van der Waals surface area contributed by atoms with E-state index in [0.717, 1.165) is 22.3 Å². The van der Waals surface area contributed by atoms with E-state index in [1.54, 1.807) is 0 Å². The maximum atomic E-state index is 9.73. The van der Waals surface area contributed by atoms with Crippen LogP contribution in [0.4, 0.5) is 0 Å². The van der Waals surface area contributed by atoms with Gasteiger partial charge in [0.2, 0.25) is 0 Å². The molecule has 3 heteroatoms. The molecule has 0 heterocycles. The van der Waals surface area contributed by atoms with Crippen molar-refractivity contribution in [3.63, 3.8) is 0 Å². The maximum Gasteiger partial charge on any atom is 0.122 e. The number of phenolic OH excluding ortho intramolecular Hbond substituents is 2. The van der Waals surface area contributed by atoms with Gasteiger partial charge in [-0.15, -0.1) is 0 Å². The van der Waals surface area contributed by atoms with Gasteiger partial charge in [0.1, 0.15) is 11.5 Å². The van der Waals surface area contributed by atoms with Crippen LogP contribution in [-0.4, -0.2) is 10.2 Å². The fourth-order valence-corrected chi connectivity index (χ4v) is 2.53.